The molecule has 0 radical (unpaired) electrons. The van der Waals surface area contributed by atoms with Crippen molar-refractivity contribution in [3.8, 4) is 0 Å². The van der Waals surface area contributed by atoms with Crippen molar-refractivity contribution in [1.29, 1.82) is 0 Å². The summed E-state index contributed by atoms with van der Waals surface area (Å²) in [7, 11) is 3.22. The zero-order valence-corrected chi connectivity index (χ0v) is 12.1. The second-order valence-electron chi connectivity index (χ2n) is 4.68. The van der Waals surface area contributed by atoms with Crippen LogP contribution in [0.4, 0.5) is 0 Å². The lowest BCUT2D eigenvalue weighted by atomic mass is 10.0. The number of carbonyl (C=O) groups is 1. The Morgan fingerprint density at radius 2 is 1.76 bits per heavy atom. The molecule has 0 aromatic heterocycles. The minimum Gasteiger partial charge on any atom is -0.383 e. The van der Waals surface area contributed by atoms with Gasteiger partial charge in [-0.05, 0) is 26.7 Å². The lowest BCUT2D eigenvalue weighted by Crippen LogP contribution is -2.51. The molecule has 0 N–H and O–H groups in total. The summed E-state index contributed by atoms with van der Waals surface area (Å²) in [6, 6.07) is 0.257. The van der Waals surface area contributed by atoms with Gasteiger partial charge in [-0.2, -0.15) is 0 Å². The highest BCUT2D eigenvalue weighted by atomic mass is 16.5. The second-order valence-corrected chi connectivity index (χ2v) is 4.68. The average molecular weight is 245 g/mol. The summed E-state index contributed by atoms with van der Waals surface area (Å²) >= 11 is 0. The fourth-order valence-corrected chi connectivity index (χ4v) is 1.80. The molecule has 0 aliphatic carbocycles. The second kappa shape index (κ2) is 7.67. The fourth-order valence-electron chi connectivity index (χ4n) is 1.80. The van der Waals surface area contributed by atoms with Gasteiger partial charge in [0.15, 0.2) is 0 Å². The van der Waals surface area contributed by atoms with Crippen molar-refractivity contribution >= 4 is 5.91 Å². The molecule has 4 heteroatoms. The number of nitrogens with zero attached hydrogens (tertiary/aromatic N) is 1. The van der Waals surface area contributed by atoms with E-state index in [0.29, 0.717) is 13.2 Å². The maximum absolute atomic E-state index is 12.4. The predicted octanol–water partition coefficient (Wildman–Crippen LogP) is 2.08. The molecule has 0 unspecified atom stereocenters. The normalized spacial score (nSPS) is 11.9. The molecule has 1 amide bonds. The van der Waals surface area contributed by atoms with Crippen LogP contribution in [0.25, 0.3) is 0 Å². The Bertz CT molecular complexity index is 225. The molecule has 0 saturated carbocycles. The summed E-state index contributed by atoms with van der Waals surface area (Å²) in [4.78, 5) is 14.3. The largest absolute Gasteiger partial charge is 0.383 e. The minimum atomic E-state index is -0.768. The van der Waals surface area contributed by atoms with E-state index in [2.05, 4.69) is 13.8 Å². The number of hydrogen-bond donors (Lipinski definition) is 0. The quantitative estimate of drug-likeness (QED) is 0.657. The van der Waals surface area contributed by atoms with Gasteiger partial charge in [0.1, 0.15) is 5.60 Å². The van der Waals surface area contributed by atoms with Crippen LogP contribution < -0.4 is 0 Å². The topological polar surface area (TPSA) is 38.8 Å². The first-order valence-electron chi connectivity index (χ1n) is 6.29. The van der Waals surface area contributed by atoms with Crippen LogP contribution in [0.15, 0.2) is 0 Å². The van der Waals surface area contributed by atoms with Crippen LogP contribution in [0.3, 0.4) is 0 Å². The zero-order chi connectivity index (χ0) is 13.5. The smallest absolute Gasteiger partial charge is 0.254 e. The maximum atomic E-state index is 12.4. The van der Waals surface area contributed by atoms with Gasteiger partial charge in [0.2, 0.25) is 0 Å². The molecule has 0 spiro atoms. The van der Waals surface area contributed by atoms with E-state index >= 15 is 0 Å². The Labute approximate surface area is 105 Å². The summed E-state index contributed by atoms with van der Waals surface area (Å²) in [5.41, 5.74) is -0.768. The molecular weight excluding hydrogens is 218 g/mol. The lowest BCUT2D eigenvalue weighted by Gasteiger charge is -2.36. The highest BCUT2D eigenvalue weighted by molar-refractivity contribution is 5.84. The third kappa shape index (κ3) is 4.64. The molecule has 0 atom stereocenters. The highest BCUT2D eigenvalue weighted by Crippen LogP contribution is 2.17. The molecule has 0 aromatic rings. The fraction of sp³-hybridized carbons (Fsp3) is 0.923. The Kier molecular flexibility index (Phi) is 7.39. The highest BCUT2D eigenvalue weighted by Gasteiger charge is 2.34. The van der Waals surface area contributed by atoms with E-state index in [1.54, 1.807) is 28.1 Å². The number of carbonyl (C=O) groups excluding carboxylic acids is 1. The molecule has 0 aromatic carbocycles. The summed E-state index contributed by atoms with van der Waals surface area (Å²) in [5, 5.41) is 0. The Balaban J connectivity index is 4.83. The first kappa shape index (κ1) is 16.4. The number of rotatable bonds is 8. The van der Waals surface area contributed by atoms with Crippen LogP contribution in [0, 0.1) is 0 Å². The Morgan fingerprint density at radius 3 is 2.12 bits per heavy atom. The molecule has 0 saturated heterocycles. The Hall–Kier alpha value is -0.610. The third-order valence-electron chi connectivity index (χ3n) is 3.21. The summed E-state index contributed by atoms with van der Waals surface area (Å²) in [6.45, 7) is 8.98. The van der Waals surface area contributed by atoms with Crippen molar-refractivity contribution in [2.24, 2.45) is 0 Å². The SMILES string of the molecule is CCC(CC)N(CCOC)C(=O)C(C)(C)OC. The predicted molar refractivity (Wildman–Crippen MR) is 69.0 cm³/mol. The van der Waals surface area contributed by atoms with E-state index in [0.717, 1.165) is 12.8 Å². The Morgan fingerprint density at radius 1 is 1.24 bits per heavy atom. The summed E-state index contributed by atoms with van der Waals surface area (Å²) in [6.07, 6.45) is 1.90. The van der Waals surface area contributed by atoms with Crippen LogP contribution in [0.5, 0.6) is 0 Å². The maximum Gasteiger partial charge on any atom is 0.254 e. The molecular formula is C13H27NO3. The number of hydrogen-bond acceptors (Lipinski definition) is 3. The molecule has 0 aliphatic heterocycles. The van der Waals surface area contributed by atoms with Crippen LogP contribution in [0.2, 0.25) is 0 Å². The van der Waals surface area contributed by atoms with Gasteiger partial charge in [-0.1, -0.05) is 13.8 Å². The van der Waals surface area contributed by atoms with E-state index in [1.807, 2.05) is 4.90 Å². The standard InChI is InChI=1S/C13H27NO3/c1-7-11(8-2)14(9-10-16-5)12(15)13(3,4)17-6/h11H,7-10H2,1-6H3. The van der Waals surface area contributed by atoms with Gasteiger partial charge < -0.3 is 14.4 Å². The van der Waals surface area contributed by atoms with Gasteiger partial charge in [-0.3, -0.25) is 4.79 Å². The molecule has 4 nitrogen and oxygen atoms in total. The third-order valence-corrected chi connectivity index (χ3v) is 3.21. The molecule has 0 rings (SSSR count). The van der Waals surface area contributed by atoms with Crippen LogP contribution >= 0.6 is 0 Å². The number of ether oxygens (including phenoxy) is 2. The molecule has 0 aliphatic rings. The minimum absolute atomic E-state index is 0.0331. The number of methoxy groups -OCH3 is 2. The molecule has 0 fully saturated rings. The van der Waals surface area contributed by atoms with Gasteiger partial charge >= 0.3 is 0 Å². The molecule has 0 heterocycles. The number of amides is 1. The molecule has 0 bridgehead atoms. The van der Waals surface area contributed by atoms with Gasteiger partial charge in [0.25, 0.3) is 5.91 Å². The molecule has 17 heavy (non-hydrogen) atoms. The van der Waals surface area contributed by atoms with Crippen LogP contribution in [0.1, 0.15) is 40.5 Å². The van der Waals surface area contributed by atoms with Gasteiger partial charge in [0.05, 0.1) is 6.61 Å². The van der Waals surface area contributed by atoms with Gasteiger partial charge in [-0.25, -0.2) is 0 Å². The lowest BCUT2D eigenvalue weighted by molar-refractivity contribution is -0.154. The zero-order valence-electron chi connectivity index (χ0n) is 12.1. The monoisotopic (exact) mass is 245 g/mol. The first-order valence-corrected chi connectivity index (χ1v) is 6.29. The van der Waals surface area contributed by atoms with E-state index in [9.17, 15) is 4.79 Å². The van der Waals surface area contributed by atoms with Crippen molar-refractivity contribution in [1.82, 2.24) is 4.90 Å². The van der Waals surface area contributed by atoms with Gasteiger partial charge in [-0.15, -0.1) is 0 Å². The van der Waals surface area contributed by atoms with E-state index in [1.165, 1.54) is 0 Å². The van der Waals surface area contributed by atoms with Crippen molar-refractivity contribution < 1.29 is 14.3 Å². The van der Waals surface area contributed by atoms with Crippen molar-refractivity contribution in [2.75, 3.05) is 27.4 Å². The van der Waals surface area contributed by atoms with Crippen molar-refractivity contribution in [2.45, 2.75) is 52.2 Å². The van der Waals surface area contributed by atoms with Crippen LogP contribution in [-0.2, 0) is 14.3 Å². The van der Waals surface area contributed by atoms with Crippen molar-refractivity contribution in [3.63, 3.8) is 0 Å². The van der Waals surface area contributed by atoms with E-state index in [-0.39, 0.29) is 11.9 Å². The average Bonchev–Trinajstić information content (AvgIpc) is 2.33. The van der Waals surface area contributed by atoms with Crippen molar-refractivity contribution in [3.05, 3.63) is 0 Å². The summed E-state index contributed by atoms with van der Waals surface area (Å²) in [5.74, 6) is 0.0331. The van der Waals surface area contributed by atoms with E-state index in [4.69, 9.17) is 9.47 Å². The van der Waals surface area contributed by atoms with Crippen LogP contribution in [-0.4, -0.2) is 49.8 Å². The molecule has 102 valence electrons. The first-order chi connectivity index (χ1) is 7.94. The van der Waals surface area contributed by atoms with E-state index < -0.39 is 5.60 Å². The summed E-state index contributed by atoms with van der Waals surface area (Å²) < 4.78 is 10.3. The van der Waals surface area contributed by atoms with Gasteiger partial charge in [0, 0.05) is 26.8 Å².